The standard InChI is InChI=1S/C12H13BrO4/c1-17-7-2-3-10(13)8(4-7)9-5-12(9,6-14)11(15)16/h2-4,9,14H,5-6H2,1H3,(H,15,16)/t9?,12-/m1/s1. The van der Waals surface area contributed by atoms with Crippen molar-refractivity contribution in [3.8, 4) is 5.75 Å². The number of carboxylic acids is 1. The van der Waals surface area contributed by atoms with Crippen molar-refractivity contribution >= 4 is 21.9 Å². The zero-order chi connectivity index (χ0) is 12.6. The number of aliphatic hydroxyl groups excluding tert-OH is 1. The third kappa shape index (κ3) is 1.93. The maximum absolute atomic E-state index is 11.2. The molecule has 0 radical (unpaired) electrons. The molecule has 1 aromatic rings. The minimum atomic E-state index is -1.02. The highest BCUT2D eigenvalue weighted by atomic mass is 79.9. The number of benzene rings is 1. The molecule has 5 heteroatoms. The van der Waals surface area contributed by atoms with Gasteiger partial charge in [-0.1, -0.05) is 15.9 Å². The second-order valence-electron chi connectivity index (χ2n) is 4.26. The van der Waals surface area contributed by atoms with Crippen molar-refractivity contribution in [1.82, 2.24) is 0 Å². The molecule has 1 fully saturated rings. The fourth-order valence-corrected chi connectivity index (χ4v) is 2.63. The van der Waals surface area contributed by atoms with Crippen molar-refractivity contribution in [2.45, 2.75) is 12.3 Å². The van der Waals surface area contributed by atoms with E-state index in [-0.39, 0.29) is 12.5 Å². The van der Waals surface area contributed by atoms with Crippen LogP contribution in [0.5, 0.6) is 5.75 Å². The van der Waals surface area contributed by atoms with E-state index in [9.17, 15) is 9.90 Å². The van der Waals surface area contributed by atoms with E-state index in [1.54, 1.807) is 13.2 Å². The minimum absolute atomic E-state index is 0.158. The topological polar surface area (TPSA) is 66.8 Å². The van der Waals surface area contributed by atoms with Crippen molar-refractivity contribution in [2.24, 2.45) is 5.41 Å². The van der Waals surface area contributed by atoms with Crippen molar-refractivity contribution < 1.29 is 19.7 Å². The Hall–Kier alpha value is -1.07. The molecule has 2 rings (SSSR count). The molecule has 1 saturated carbocycles. The Kier molecular flexibility index (Phi) is 3.14. The molecule has 0 heterocycles. The first-order chi connectivity index (χ1) is 8.05. The highest BCUT2D eigenvalue weighted by Gasteiger charge is 2.61. The molecule has 0 aromatic heterocycles. The lowest BCUT2D eigenvalue weighted by atomic mass is 10.00. The van der Waals surface area contributed by atoms with Crippen molar-refractivity contribution in [3.05, 3.63) is 28.2 Å². The predicted octanol–water partition coefficient (Wildman–Crippen LogP) is 2.01. The van der Waals surface area contributed by atoms with Crippen LogP contribution < -0.4 is 4.74 Å². The summed E-state index contributed by atoms with van der Waals surface area (Å²) in [6.45, 7) is -0.337. The molecular formula is C12H13BrO4. The van der Waals surface area contributed by atoms with Gasteiger partial charge in [-0.25, -0.2) is 0 Å². The maximum atomic E-state index is 11.2. The lowest BCUT2D eigenvalue weighted by Gasteiger charge is -2.11. The lowest BCUT2D eigenvalue weighted by molar-refractivity contribution is -0.145. The van der Waals surface area contributed by atoms with Gasteiger partial charge < -0.3 is 14.9 Å². The van der Waals surface area contributed by atoms with Crippen LogP contribution in [0.4, 0.5) is 0 Å². The molecule has 0 bridgehead atoms. The number of hydrogen-bond donors (Lipinski definition) is 2. The van der Waals surface area contributed by atoms with Crippen LogP contribution in [0.25, 0.3) is 0 Å². The van der Waals surface area contributed by atoms with Crippen molar-refractivity contribution in [2.75, 3.05) is 13.7 Å². The zero-order valence-electron chi connectivity index (χ0n) is 9.31. The summed E-state index contributed by atoms with van der Waals surface area (Å²) in [7, 11) is 1.57. The monoisotopic (exact) mass is 300 g/mol. The van der Waals surface area contributed by atoms with Gasteiger partial charge in [-0.15, -0.1) is 0 Å². The van der Waals surface area contributed by atoms with E-state index >= 15 is 0 Å². The van der Waals surface area contributed by atoms with Gasteiger partial charge in [0.1, 0.15) is 5.75 Å². The summed E-state index contributed by atoms with van der Waals surface area (Å²) in [5, 5.41) is 18.4. The molecule has 0 saturated heterocycles. The van der Waals surface area contributed by atoms with E-state index in [2.05, 4.69) is 15.9 Å². The Morgan fingerprint density at radius 3 is 2.82 bits per heavy atom. The predicted molar refractivity (Wildman–Crippen MR) is 65.2 cm³/mol. The number of ether oxygens (including phenoxy) is 1. The molecule has 1 aliphatic carbocycles. The van der Waals surface area contributed by atoms with Crippen molar-refractivity contribution in [3.63, 3.8) is 0 Å². The van der Waals surface area contributed by atoms with Gasteiger partial charge in [0.2, 0.25) is 0 Å². The Morgan fingerprint density at radius 1 is 1.65 bits per heavy atom. The number of rotatable bonds is 4. The number of methoxy groups -OCH3 is 1. The quantitative estimate of drug-likeness (QED) is 0.893. The van der Waals surface area contributed by atoms with Crippen LogP contribution in [0.15, 0.2) is 22.7 Å². The minimum Gasteiger partial charge on any atom is -0.497 e. The second kappa shape index (κ2) is 4.31. The highest BCUT2D eigenvalue weighted by Crippen LogP contribution is 2.60. The van der Waals surface area contributed by atoms with Crippen molar-refractivity contribution in [1.29, 1.82) is 0 Å². The van der Waals surface area contributed by atoms with Crippen LogP contribution in [0.3, 0.4) is 0 Å². The molecule has 0 spiro atoms. The second-order valence-corrected chi connectivity index (χ2v) is 5.12. The first-order valence-electron chi connectivity index (χ1n) is 5.23. The third-order valence-electron chi connectivity index (χ3n) is 3.36. The Labute approximate surface area is 107 Å². The third-order valence-corrected chi connectivity index (χ3v) is 4.08. The number of aliphatic hydroxyl groups is 1. The fourth-order valence-electron chi connectivity index (χ4n) is 2.11. The van der Waals surface area contributed by atoms with Gasteiger partial charge in [-0.2, -0.15) is 0 Å². The van der Waals surface area contributed by atoms with Gasteiger partial charge in [-0.05, 0) is 30.2 Å². The van der Waals surface area contributed by atoms with Crippen LogP contribution in [0.2, 0.25) is 0 Å². The molecule has 2 N–H and O–H groups in total. The highest BCUT2D eigenvalue weighted by molar-refractivity contribution is 9.10. The van der Waals surface area contributed by atoms with E-state index in [0.29, 0.717) is 12.2 Å². The van der Waals surface area contributed by atoms with E-state index in [0.717, 1.165) is 10.0 Å². The van der Waals surface area contributed by atoms with Gasteiger partial charge in [-0.3, -0.25) is 4.79 Å². The zero-order valence-corrected chi connectivity index (χ0v) is 10.9. The fraction of sp³-hybridized carbons (Fsp3) is 0.417. The van der Waals surface area contributed by atoms with Crippen LogP contribution >= 0.6 is 15.9 Å². The smallest absolute Gasteiger partial charge is 0.312 e. The van der Waals surface area contributed by atoms with Gasteiger partial charge in [0.15, 0.2) is 0 Å². The summed E-state index contributed by atoms with van der Waals surface area (Å²) >= 11 is 3.40. The molecule has 1 aliphatic rings. The summed E-state index contributed by atoms with van der Waals surface area (Å²) in [6.07, 6.45) is 0.463. The van der Waals surface area contributed by atoms with E-state index in [1.807, 2.05) is 12.1 Å². The van der Waals surface area contributed by atoms with Gasteiger partial charge in [0, 0.05) is 10.4 Å². The maximum Gasteiger partial charge on any atom is 0.312 e. The average molecular weight is 301 g/mol. The Bertz CT molecular complexity index is 460. The SMILES string of the molecule is COc1ccc(Br)c(C2C[C@]2(CO)C(=O)O)c1. The Morgan fingerprint density at radius 2 is 2.35 bits per heavy atom. The lowest BCUT2D eigenvalue weighted by Crippen LogP contribution is -2.21. The van der Waals surface area contributed by atoms with Gasteiger partial charge in [0.05, 0.1) is 19.1 Å². The van der Waals surface area contributed by atoms with E-state index < -0.39 is 11.4 Å². The molecule has 17 heavy (non-hydrogen) atoms. The van der Waals surface area contributed by atoms with Crippen LogP contribution in [-0.2, 0) is 4.79 Å². The first-order valence-corrected chi connectivity index (χ1v) is 6.02. The molecule has 1 unspecified atom stereocenters. The number of aliphatic carboxylic acids is 1. The summed E-state index contributed by atoms with van der Waals surface area (Å²) in [5.74, 6) is -0.415. The molecule has 0 aliphatic heterocycles. The molecule has 1 aromatic carbocycles. The molecule has 92 valence electrons. The van der Waals surface area contributed by atoms with Crippen LogP contribution in [0.1, 0.15) is 17.9 Å². The first kappa shape index (κ1) is 12.4. The van der Waals surface area contributed by atoms with Crippen LogP contribution in [-0.4, -0.2) is 29.9 Å². The molecule has 4 nitrogen and oxygen atoms in total. The number of hydrogen-bond acceptors (Lipinski definition) is 3. The number of carboxylic acid groups (broad SMARTS) is 1. The molecule has 0 amide bonds. The average Bonchev–Trinajstić information content (AvgIpc) is 3.05. The number of carbonyl (C=O) groups is 1. The van der Waals surface area contributed by atoms with E-state index in [4.69, 9.17) is 9.84 Å². The van der Waals surface area contributed by atoms with E-state index in [1.165, 1.54) is 0 Å². The largest absolute Gasteiger partial charge is 0.497 e. The summed E-state index contributed by atoms with van der Waals surface area (Å²) in [6, 6.07) is 5.45. The van der Waals surface area contributed by atoms with Crippen LogP contribution in [0, 0.1) is 5.41 Å². The molecule has 2 atom stereocenters. The normalized spacial score (nSPS) is 26.6. The molecular weight excluding hydrogens is 288 g/mol. The van der Waals surface area contributed by atoms with Gasteiger partial charge >= 0.3 is 5.97 Å². The number of halogens is 1. The van der Waals surface area contributed by atoms with Gasteiger partial charge in [0.25, 0.3) is 0 Å². The summed E-state index contributed by atoms with van der Waals surface area (Å²) in [4.78, 5) is 11.2. The Balaban J connectivity index is 2.34. The summed E-state index contributed by atoms with van der Waals surface area (Å²) in [5.41, 5.74) is -0.143. The summed E-state index contributed by atoms with van der Waals surface area (Å²) < 4.78 is 5.97.